The summed E-state index contributed by atoms with van der Waals surface area (Å²) < 4.78 is 0. The third-order valence-electron chi connectivity index (χ3n) is 12.5. The van der Waals surface area contributed by atoms with Crippen LogP contribution < -0.4 is 0 Å². The zero-order chi connectivity index (χ0) is 26.7. The van der Waals surface area contributed by atoms with Gasteiger partial charge >= 0.3 is 0 Å². The molecule has 0 aliphatic heterocycles. The molecule has 38 heavy (non-hydrogen) atoms. The van der Waals surface area contributed by atoms with Crippen LogP contribution in [0, 0.1) is 59.2 Å². The summed E-state index contributed by atoms with van der Waals surface area (Å²) >= 11 is 0. The molecule has 1 heterocycles. The minimum atomic E-state index is 0.424. The lowest BCUT2D eigenvalue weighted by atomic mass is 9.44. The Morgan fingerprint density at radius 3 is 2.42 bits per heavy atom. The van der Waals surface area contributed by atoms with Crippen LogP contribution >= 0.6 is 0 Å². The monoisotopic (exact) mass is 512 g/mol. The number of fused-ring (bicyclic) bond motifs is 6. The van der Waals surface area contributed by atoms with Crippen molar-refractivity contribution in [3.05, 3.63) is 47.3 Å². The van der Waals surface area contributed by atoms with Gasteiger partial charge in [-0.05, 0) is 116 Å². The van der Waals surface area contributed by atoms with E-state index in [1.54, 1.807) is 0 Å². The van der Waals surface area contributed by atoms with Crippen molar-refractivity contribution in [3.8, 4) is 11.4 Å². The smallest absolute Gasteiger partial charge is 0.159 e. The van der Waals surface area contributed by atoms with E-state index in [0.717, 1.165) is 59.2 Å². The van der Waals surface area contributed by atoms with Gasteiger partial charge in [-0.1, -0.05) is 83.7 Å². The summed E-state index contributed by atoms with van der Waals surface area (Å²) in [6, 6.07) is 8.70. The van der Waals surface area contributed by atoms with Crippen molar-refractivity contribution in [2.24, 2.45) is 52.3 Å². The first kappa shape index (κ1) is 26.5. The Morgan fingerprint density at radius 1 is 0.895 bits per heavy atom. The van der Waals surface area contributed by atoms with Gasteiger partial charge in [0, 0.05) is 17.5 Å². The Hall–Kier alpha value is -1.70. The summed E-state index contributed by atoms with van der Waals surface area (Å²) in [7, 11) is 0. The zero-order valence-electron chi connectivity index (χ0n) is 25.1. The molecule has 0 bridgehead atoms. The van der Waals surface area contributed by atoms with E-state index in [0.29, 0.717) is 10.8 Å². The fourth-order valence-corrected chi connectivity index (χ4v) is 10.4. The van der Waals surface area contributed by atoms with E-state index >= 15 is 0 Å². The molecule has 2 aromatic rings. The van der Waals surface area contributed by atoms with Crippen LogP contribution in [0.5, 0.6) is 0 Å². The van der Waals surface area contributed by atoms with Gasteiger partial charge in [0.05, 0.1) is 0 Å². The van der Waals surface area contributed by atoms with Crippen LogP contribution in [0.15, 0.2) is 30.5 Å². The van der Waals surface area contributed by atoms with Gasteiger partial charge in [-0.25, -0.2) is 9.97 Å². The van der Waals surface area contributed by atoms with Crippen molar-refractivity contribution in [3.63, 3.8) is 0 Å². The molecule has 4 aliphatic rings. The van der Waals surface area contributed by atoms with Gasteiger partial charge in [0.2, 0.25) is 0 Å². The number of benzene rings is 1. The minimum Gasteiger partial charge on any atom is -0.236 e. The lowest BCUT2D eigenvalue weighted by molar-refractivity contribution is -0.103. The normalized spacial score (nSPS) is 36.8. The van der Waals surface area contributed by atoms with Gasteiger partial charge < -0.3 is 0 Å². The van der Waals surface area contributed by atoms with Gasteiger partial charge in [0.25, 0.3) is 0 Å². The second-order valence-electron chi connectivity index (χ2n) is 15.1. The van der Waals surface area contributed by atoms with Gasteiger partial charge in [0.15, 0.2) is 5.82 Å². The Bertz CT molecular complexity index is 1130. The molecule has 2 nitrogen and oxygen atoms in total. The fourth-order valence-electron chi connectivity index (χ4n) is 10.4. The molecular formula is C36H52N2. The van der Waals surface area contributed by atoms with Crippen molar-refractivity contribution < 1.29 is 0 Å². The Morgan fingerprint density at radius 2 is 1.66 bits per heavy atom. The van der Waals surface area contributed by atoms with Crippen molar-refractivity contribution in [2.75, 3.05) is 0 Å². The number of aromatic nitrogens is 2. The van der Waals surface area contributed by atoms with E-state index in [4.69, 9.17) is 9.97 Å². The number of nitrogens with zero attached hydrogens (tertiary/aromatic N) is 2. The van der Waals surface area contributed by atoms with Crippen molar-refractivity contribution in [1.29, 1.82) is 0 Å². The van der Waals surface area contributed by atoms with E-state index in [1.165, 1.54) is 81.0 Å². The second kappa shape index (κ2) is 10.0. The average Bonchev–Trinajstić information content (AvgIpc) is 3.24. The predicted molar refractivity (Wildman–Crippen MR) is 159 cm³/mol. The molecule has 8 atom stereocenters. The molecule has 0 amide bonds. The van der Waals surface area contributed by atoms with Crippen LogP contribution in [0.1, 0.15) is 109 Å². The maximum atomic E-state index is 5.16. The quantitative estimate of drug-likeness (QED) is 0.385. The topological polar surface area (TPSA) is 25.8 Å². The molecule has 0 unspecified atom stereocenters. The average molecular weight is 513 g/mol. The van der Waals surface area contributed by atoms with E-state index in [9.17, 15) is 0 Å². The molecule has 1 aromatic heterocycles. The molecule has 2 heteroatoms. The summed E-state index contributed by atoms with van der Waals surface area (Å²) in [5.74, 6) is 7.18. The van der Waals surface area contributed by atoms with Crippen LogP contribution in [-0.2, 0) is 12.8 Å². The highest BCUT2D eigenvalue weighted by Gasteiger charge is 2.60. The zero-order valence-corrected chi connectivity index (χ0v) is 25.1. The minimum absolute atomic E-state index is 0.424. The highest BCUT2D eigenvalue weighted by Crippen LogP contribution is 2.68. The molecule has 3 saturated carbocycles. The Kier molecular flexibility index (Phi) is 7.01. The highest BCUT2D eigenvalue weighted by atomic mass is 14.9. The number of hydrogen-bond donors (Lipinski definition) is 0. The van der Waals surface area contributed by atoms with Crippen molar-refractivity contribution in [2.45, 2.75) is 112 Å². The molecule has 0 N–H and O–H groups in total. The summed E-state index contributed by atoms with van der Waals surface area (Å²) in [5.41, 5.74) is 6.23. The molecule has 0 radical (unpaired) electrons. The molecule has 6 rings (SSSR count). The largest absolute Gasteiger partial charge is 0.236 e. The maximum Gasteiger partial charge on any atom is 0.159 e. The molecule has 1 aromatic carbocycles. The molecule has 0 spiro atoms. The fraction of sp³-hybridized carbons (Fsp3) is 0.722. The van der Waals surface area contributed by atoms with E-state index in [2.05, 4.69) is 72.0 Å². The third-order valence-corrected chi connectivity index (χ3v) is 12.5. The van der Waals surface area contributed by atoms with E-state index < -0.39 is 0 Å². The maximum absolute atomic E-state index is 5.16. The molecule has 206 valence electrons. The third kappa shape index (κ3) is 4.46. The first-order valence-corrected chi connectivity index (χ1v) is 16.1. The van der Waals surface area contributed by atoms with E-state index in [-0.39, 0.29) is 0 Å². The van der Waals surface area contributed by atoms with Crippen LogP contribution in [0.25, 0.3) is 11.4 Å². The summed E-state index contributed by atoms with van der Waals surface area (Å²) in [6.45, 7) is 14.9. The standard InChI is InChI=1S/C36H52N2/c1-23(2)8-7-9-25(4)30-16-17-31-29-15-14-28-20-33-27(21-36(28,6)32(29)18-19-35(30,31)5)22-37-34(38-33)26-12-10-24(3)11-13-26/h10-13,22-23,25,28-32H,7-9,14-21H2,1-6H3/t25-,28+,29+,30-,31+,32+,35-,36+/m1/s1. The Balaban J connectivity index is 1.20. The lowest BCUT2D eigenvalue weighted by Crippen LogP contribution is -2.54. The molecule has 4 aliphatic carbocycles. The highest BCUT2D eigenvalue weighted by molar-refractivity contribution is 5.55. The number of rotatable bonds is 6. The van der Waals surface area contributed by atoms with Gasteiger partial charge in [0.1, 0.15) is 0 Å². The van der Waals surface area contributed by atoms with Crippen molar-refractivity contribution >= 4 is 0 Å². The van der Waals surface area contributed by atoms with Crippen LogP contribution in [0.4, 0.5) is 0 Å². The predicted octanol–water partition coefficient (Wildman–Crippen LogP) is 9.49. The van der Waals surface area contributed by atoms with Crippen LogP contribution in [-0.4, -0.2) is 9.97 Å². The first-order chi connectivity index (χ1) is 18.2. The number of aryl methyl sites for hydroxylation is 1. The molecular weight excluding hydrogens is 460 g/mol. The second-order valence-corrected chi connectivity index (χ2v) is 15.1. The molecule has 3 fully saturated rings. The van der Waals surface area contributed by atoms with Crippen molar-refractivity contribution in [1.82, 2.24) is 9.97 Å². The lowest BCUT2D eigenvalue weighted by Gasteiger charge is -2.60. The SMILES string of the molecule is Cc1ccc(-c2ncc3c(n2)C[C@@H]2CC[C@@H]4[C@H](CC[C@]5(C)[C@@H]([C@H](C)CCCC(C)C)CC[C@@H]45)[C@@]2(C)C3)cc1. The van der Waals surface area contributed by atoms with Gasteiger partial charge in [-0.15, -0.1) is 0 Å². The van der Waals surface area contributed by atoms with Gasteiger partial charge in [-0.2, -0.15) is 0 Å². The van der Waals surface area contributed by atoms with Crippen LogP contribution in [0.2, 0.25) is 0 Å². The number of hydrogen-bond acceptors (Lipinski definition) is 2. The van der Waals surface area contributed by atoms with Crippen LogP contribution in [0.3, 0.4) is 0 Å². The summed E-state index contributed by atoms with van der Waals surface area (Å²) in [5, 5.41) is 0. The first-order valence-electron chi connectivity index (χ1n) is 16.1. The molecule has 0 saturated heterocycles. The Labute approximate surface area is 232 Å². The van der Waals surface area contributed by atoms with Gasteiger partial charge in [-0.3, -0.25) is 0 Å². The van der Waals surface area contributed by atoms with E-state index in [1.807, 2.05) is 0 Å². The summed E-state index contributed by atoms with van der Waals surface area (Å²) in [4.78, 5) is 10.0. The summed E-state index contributed by atoms with van der Waals surface area (Å²) in [6.07, 6.45) is 17.6.